The van der Waals surface area contributed by atoms with E-state index >= 15 is 0 Å². The van der Waals surface area contributed by atoms with E-state index in [0.29, 0.717) is 28.5 Å². The van der Waals surface area contributed by atoms with Gasteiger partial charge in [-0.05, 0) is 12.1 Å². The molecule has 0 radical (unpaired) electrons. The first-order valence-corrected chi connectivity index (χ1v) is 5.76. The van der Waals surface area contributed by atoms with Crippen LogP contribution in [-0.4, -0.2) is 36.3 Å². The zero-order valence-corrected chi connectivity index (χ0v) is 11.7. The van der Waals surface area contributed by atoms with Gasteiger partial charge in [0.2, 0.25) is 5.75 Å². The summed E-state index contributed by atoms with van der Waals surface area (Å²) in [4.78, 5) is 0. The maximum atomic E-state index is 9.09. The van der Waals surface area contributed by atoms with Crippen molar-refractivity contribution in [2.24, 2.45) is 7.05 Å². The van der Waals surface area contributed by atoms with Crippen molar-refractivity contribution in [3.8, 4) is 34.6 Å². The van der Waals surface area contributed by atoms with Crippen LogP contribution >= 0.6 is 0 Å². The highest BCUT2D eigenvalue weighted by Crippen LogP contribution is 2.41. The Morgan fingerprint density at radius 1 is 1.10 bits per heavy atom. The maximum absolute atomic E-state index is 9.09. The van der Waals surface area contributed by atoms with Gasteiger partial charge in [0.25, 0.3) is 0 Å². The summed E-state index contributed by atoms with van der Waals surface area (Å²) in [6.07, 6.45) is 0. The van der Waals surface area contributed by atoms with Crippen molar-refractivity contribution in [1.29, 1.82) is 5.26 Å². The van der Waals surface area contributed by atoms with Gasteiger partial charge in [-0.3, -0.25) is 0 Å². The summed E-state index contributed by atoms with van der Waals surface area (Å²) >= 11 is 0. The van der Waals surface area contributed by atoms with Crippen molar-refractivity contribution in [3.05, 3.63) is 17.8 Å². The Labute approximate surface area is 116 Å². The summed E-state index contributed by atoms with van der Waals surface area (Å²) in [6, 6.07) is 5.51. The number of aryl methyl sites for hydroxylation is 1. The molecule has 0 aliphatic heterocycles. The van der Waals surface area contributed by atoms with Crippen LogP contribution in [0.4, 0.5) is 0 Å². The van der Waals surface area contributed by atoms with Crippen molar-refractivity contribution in [1.82, 2.24) is 15.0 Å². The smallest absolute Gasteiger partial charge is 0.203 e. The van der Waals surface area contributed by atoms with E-state index in [4.69, 9.17) is 19.5 Å². The molecular weight excluding hydrogens is 260 g/mol. The fourth-order valence-electron chi connectivity index (χ4n) is 1.97. The van der Waals surface area contributed by atoms with Gasteiger partial charge in [0.15, 0.2) is 17.2 Å². The quantitative estimate of drug-likeness (QED) is 0.837. The van der Waals surface area contributed by atoms with Crippen LogP contribution in [0.25, 0.3) is 11.3 Å². The number of ether oxygens (including phenoxy) is 3. The molecule has 0 bridgehead atoms. The lowest BCUT2D eigenvalue weighted by molar-refractivity contribution is 0.324. The fourth-order valence-corrected chi connectivity index (χ4v) is 1.97. The number of methoxy groups -OCH3 is 3. The lowest BCUT2D eigenvalue weighted by atomic mass is 10.1. The summed E-state index contributed by atoms with van der Waals surface area (Å²) in [6.45, 7) is 0. The van der Waals surface area contributed by atoms with Crippen LogP contribution in [0.15, 0.2) is 12.1 Å². The van der Waals surface area contributed by atoms with E-state index in [1.54, 1.807) is 19.2 Å². The van der Waals surface area contributed by atoms with Crippen molar-refractivity contribution < 1.29 is 14.2 Å². The molecular formula is C13H14N4O3. The topological polar surface area (TPSA) is 82.2 Å². The first-order chi connectivity index (χ1) is 9.65. The first-order valence-electron chi connectivity index (χ1n) is 5.76. The van der Waals surface area contributed by atoms with Crippen LogP contribution in [0, 0.1) is 11.3 Å². The minimum atomic E-state index is 0.238. The monoisotopic (exact) mass is 274 g/mol. The number of rotatable bonds is 4. The van der Waals surface area contributed by atoms with Gasteiger partial charge in [-0.2, -0.15) is 5.26 Å². The van der Waals surface area contributed by atoms with Gasteiger partial charge >= 0.3 is 0 Å². The average molecular weight is 274 g/mol. The number of benzene rings is 1. The molecule has 0 fully saturated rings. The first kappa shape index (κ1) is 13.7. The molecule has 104 valence electrons. The standard InChI is InChI=1S/C13H14N4O3/c1-17-12(9(7-14)15-16-17)8-5-10(18-2)13(20-4)11(6-8)19-3/h5-6H,1-4H3. The molecule has 1 aromatic heterocycles. The number of aromatic nitrogens is 3. The number of hydrogen-bond donors (Lipinski definition) is 0. The minimum Gasteiger partial charge on any atom is -0.493 e. The molecule has 0 saturated heterocycles. The van der Waals surface area contributed by atoms with E-state index in [-0.39, 0.29) is 5.69 Å². The molecule has 0 spiro atoms. The van der Waals surface area contributed by atoms with Gasteiger partial charge in [-0.1, -0.05) is 5.21 Å². The third-order valence-corrected chi connectivity index (χ3v) is 2.87. The van der Waals surface area contributed by atoms with E-state index in [1.807, 2.05) is 6.07 Å². The predicted molar refractivity (Wildman–Crippen MR) is 70.8 cm³/mol. The van der Waals surface area contributed by atoms with E-state index in [2.05, 4.69) is 10.3 Å². The Bertz CT molecular complexity index is 648. The highest BCUT2D eigenvalue weighted by atomic mass is 16.5. The van der Waals surface area contributed by atoms with Crippen molar-refractivity contribution >= 4 is 0 Å². The molecule has 7 nitrogen and oxygen atoms in total. The Balaban J connectivity index is 2.70. The highest BCUT2D eigenvalue weighted by Gasteiger charge is 2.19. The molecule has 1 aromatic carbocycles. The molecule has 0 aliphatic carbocycles. The molecule has 0 unspecified atom stereocenters. The molecule has 2 aromatic rings. The average Bonchev–Trinajstić information content (AvgIpc) is 2.86. The molecule has 0 atom stereocenters. The normalized spacial score (nSPS) is 9.95. The number of hydrogen-bond acceptors (Lipinski definition) is 6. The highest BCUT2D eigenvalue weighted by molar-refractivity contribution is 5.71. The summed E-state index contributed by atoms with van der Waals surface area (Å²) in [5.74, 6) is 1.51. The molecule has 20 heavy (non-hydrogen) atoms. The Hall–Kier alpha value is -2.75. The summed E-state index contributed by atoms with van der Waals surface area (Å²) in [7, 11) is 6.32. The van der Waals surface area contributed by atoms with Crippen LogP contribution in [0.5, 0.6) is 17.2 Å². The zero-order chi connectivity index (χ0) is 14.7. The number of nitrogens with zero attached hydrogens (tertiary/aromatic N) is 4. The van der Waals surface area contributed by atoms with Crippen molar-refractivity contribution in [2.45, 2.75) is 0 Å². The Morgan fingerprint density at radius 3 is 2.15 bits per heavy atom. The summed E-state index contributed by atoms with van der Waals surface area (Å²) < 4.78 is 17.4. The molecule has 0 saturated carbocycles. The number of nitriles is 1. The third kappa shape index (κ3) is 2.12. The van der Waals surface area contributed by atoms with Crippen LogP contribution in [0.3, 0.4) is 0 Å². The lowest BCUT2D eigenvalue weighted by Crippen LogP contribution is -1.99. The molecule has 2 rings (SSSR count). The van der Waals surface area contributed by atoms with Crippen molar-refractivity contribution in [3.63, 3.8) is 0 Å². The van der Waals surface area contributed by atoms with Gasteiger partial charge in [-0.25, -0.2) is 4.68 Å². The van der Waals surface area contributed by atoms with Crippen LogP contribution in [0.1, 0.15) is 5.69 Å². The van der Waals surface area contributed by atoms with E-state index in [9.17, 15) is 0 Å². The second kappa shape index (κ2) is 5.48. The molecule has 7 heteroatoms. The SMILES string of the molecule is COc1cc(-c2c(C#N)nnn2C)cc(OC)c1OC. The van der Waals surface area contributed by atoms with E-state index in [0.717, 1.165) is 0 Å². The van der Waals surface area contributed by atoms with Gasteiger partial charge in [0.05, 0.1) is 21.3 Å². The Kier molecular flexibility index (Phi) is 3.75. The second-order valence-electron chi connectivity index (χ2n) is 3.94. The maximum Gasteiger partial charge on any atom is 0.203 e. The van der Waals surface area contributed by atoms with Crippen molar-refractivity contribution in [2.75, 3.05) is 21.3 Å². The predicted octanol–water partition coefficient (Wildman–Crippen LogP) is 1.38. The van der Waals surface area contributed by atoms with Gasteiger partial charge in [0, 0.05) is 12.6 Å². The van der Waals surface area contributed by atoms with Crippen LogP contribution < -0.4 is 14.2 Å². The minimum absolute atomic E-state index is 0.238. The summed E-state index contributed by atoms with van der Waals surface area (Å²) in [5, 5.41) is 16.7. The van der Waals surface area contributed by atoms with Gasteiger partial charge in [-0.15, -0.1) is 5.10 Å². The van der Waals surface area contributed by atoms with Crippen LogP contribution in [-0.2, 0) is 7.05 Å². The van der Waals surface area contributed by atoms with Gasteiger partial charge in [0.1, 0.15) is 11.8 Å². The van der Waals surface area contributed by atoms with Crippen LogP contribution in [0.2, 0.25) is 0 Å². The lowest BCUT2D eigenvalue weighted by Gasteiger charge is -2.14. The Morgan fingerprint density at radius 2 is 1.70 bits per heavy atom. The van der Waals surface area contributed by atoms with E-state index in [1.165, 1.54) is 26.0 Å². The zero-order valence-electron chi connectivity index (χ0n) is 11.7. The molecule has 0 N–H and O–H groups in total. The van der Waals surface area contributed by atoms with Gasteiger partial charge < -0.3 is 14.2 Å². The fraction of sp³-hybridized carbons (Fsp3) is 0.308. The molecule has 1 heterocycles. The largest absolute Gasteiger partial charge is 0.493 e. The summed E-state index contributed by atoms with van der Waals surface area (Å²) in [5.41, 5.74) is 1.54. The van der Waals surface area contributed by atoms with E-state index < -0.39 is 0 Å². The second-order valence-corrected chi connectivity index (χ2v) is 3.94. The molecule has 0 aliphatic rings. The molecule has 0 amide bonds. The third-order valence-electron chi connectivity index (χ3n) is 2.87.